The fraction of sp³-hybridized carbons (Fsp3) is 0.200. The van der Waals surface area contributed by atoms with Gasteiger partial charge in [-0.3, -0.25) is 9.78 Å². The number of para-hydroxylation sites is 1. The van der Waals surface area contributed by atoms with Crippen molar-refractivity contribution < 1.29 is 9.90 Å². The van der Waals surface area contributed by atoms with Crippen molar-refractivity contribution in [1.82, 2.24) is 10.3 Å². The molecule has 0 bridgehead atoms. The minimum Gasteiger partial charge on any atom is -0.507 e. The Balaban J connectivity index is 1.79. The summed E-state index contributed by atoms with van der Waals surface area (Å²) >= 11 is 3.40. The van der Waals surface area contributed by atoms with Crippen LogP contribution in [0.2, 0.25) is 0 Å². The highest BCUT2D eigenvalue weighted by Gasteiger charge is 2.08. The Morgan fingerprint density at radius 1 is 1.30 bits per heavy atom. The van der Waals surface area contributed by atoms with Crippen molar-refractivity contribution in [1.29, 1.82) is 0 Å². The fourth-order valence-corrected chi connectivity index (χ4v) is 2.20. The van der Waals surface area contributed by atoms with Gasteiger partial charge < -0.3 is 10.4 Å². The molecule has 0 fully saturated rings. The van der Waals surface area contributed by atoms with E-state index in [0.717, 1.165) is 23.0 Å². The van der Waals surface area contributed by atoms with Crippen molar-refractivity contribution in [3.8, 4) is 5.75 Å². The summed E-state index contributed by atoms with van der Waals surface area (Å²) in [4.78, 5) is 16.1. The second-order valence-corrected chi connectivity index (χ2v) is 5.26. The average Bonchev–Trinajstić information content (AvgIpc) is 2.44. The Bertz CT molecular complexity index is 602. The summed E-state index contributed by atoms with van der Waals surface area (Å²) in [6.07, 6.45) is 3.34. The fourth-order valence-electron chi connectivity index (χ4n) is 1.82. The lowest BCUT2D eigenvalue weighted by molar-refractivity contribution is 0.0950. The first-order valence-corrected chi connectivity index (χ1v) is 7.13. The number of amides is 1. The third kappa shape index (κ3) is 4.06. The summed E-state index contributed by atoms with van der Waals surface area (Å²) in [5, 5.41) is 12.4. The third-order valence-corrected chi connectivity index (χ3v) is 3.32. The van der Waals surface area contributed by atoms with E-state index in [4.69, 9.17) is 0 Å². The molecule has 1 aromatic heterocycles. The number of rotatable bonds is 5. The van der Waals surface area contributed by atoms with Gasteiger partial charge in [0.05, 0.1) is 5.56 Å². The third-order valence-electron chi connectivity index (χ3n) is 2.82. The van der Waals surface area contributed by atoms with E-state index in [1.54, 1.807) is 24.4 Å². The number of aryl methyl sites for hydroxylation is 1. The molecule has 0 saturated carbocycles. The van der Waals surface area contributed by atoms with Gasteiger partial charge >= 0.3 is 0 Å². The van der Waals surface area contributed by atoms with Crippen LogP contribution in [0.1, 0.15) is 22.5 Å². The Morgan fingerprint density at radius 3 is 2.85 bits per heavy atom. The Labute approximate surface area is 126 Å². The second-order valence-electron chi connectivity index (χ2n) is 4.34. The number of halogens is 1. The zero-order chi connectivity index (χ0) is 14.4. The van der Waals surface area contributed by atoms with Gasteiger partial charge in [-0.1, -0.05) is 28.1 Å². The normalized spacial score (nSPS) is 10.2. The first-order chi connectivity index (χ1) is 9.66. The predicted octanol–water partition coefficient (Wildman–Crippen LogP) is 2.91. The molecule has 0 saturated heterocycles. The maximum atomic E-state index is 11.8. The van der Waals surface area contributed by atoms with Gasteiger partial charge in [-0.15, -0.1) is 0 Å². The molecule has 1 aromatic carbocycles. The van der Waals surface area contributed by atoms with E-state index in [-0.39, 0.29) is 11.7 Å². The summed E-state index contributed by atoms with van der Waals surface area (Å²) in [5.41, 5.74) is 1.28. The van der Waals surface area contributed by atoms with E-state index in [0.29, 0.717) is 12.1 Å². The maximum absolute atomic E-state index is 11.8. The SMILES string of the molecule is O=C(NCCCc1cc(Br)ccn1)c1ccccc1O. The van der Waals surface area contributed by atoms with E-state index in [2.05, 4.69) is 26.2 Å². The van der Waals surface area contributed by atoms with Crippen LogP contribution in [0.5, 0.6) is 5.75 Å². The predicted molar refractivity (Wildman–Crippen MR) is 80.7 cm³/mol. The Kier molecular flexibility index (Phi) is 5.12. The topological polar surface area (TPSA) is 62.2 Å². The molecular formula is C15H15BrN2O2. The minimum atomic E-state index is -0.259. The molecule has 2 rings (SSSR count). The number of nitrogens with zero attached hydrogens (tertiary/aromatic N) is 1. The van der Waals surface area contributed by atoms with Gasteiger partial charge in [-0.25, -0.2) is 0 Å². The van der Waals surface area contributed by atoms with Gasteiger partial charge in [0.1, 0.15) is 5.75 Å². The summed E-state index contributed by atoms with van der Waals surface area (Å²) in [6.45, 7) is 0.543. The highest BCUT2D eigenvalue weighted by atomic mass is 79.9. The van der Waals surface area contributed by atoms with Crippen molar-refractivity contribution in [2.24, 2.45) is 0 Å². The molecule has 5 heteroatoms. The molecule has 0 aliphatic rings. The Morgan fingerprint density at radius 2 is 2.10 bits per heavy atom. The monoisotopic (exact) mass is 334 g/mol. The van der Waals surface area contributed by atoms with E-state index >= 15 is 0 Å². The van der Waals surface area contributed by atoms with Crippen LogP contribution in [-0.2, 0) is 6.42 Å². The van der Waals surface area contributed by atoms with E-state index in [1.807, 2.05) is 12.1 Å². The van der Waals surface area contributed by atoms with E-state index in [9.17, 15) is 9.90 Å². The molecule has 0 radical (unpaired) electrons. The van der Waals surface area contributed by atoms with Crippen LogP contribution in [-0.4, -0.2) is 22.5 Å². The lowest BCUT2D eigenvalue weighted by Gasteiger charge is -2.06. The van der Waals surface area contributed by atoms with Crippen molar-refractivity contribution in [2.45, 2.75) is 12.8 Å². The number of aromatic nitrogens is 1. The molecule has 0 unspecified atom stereocenters. The van der Waals surface area contributed by atoms with E-state index in [1.165, 1.54) is 6.07 Å². The second kappa shape index (κ2) is 7.05. The van der Waals surface area contributed by atoms with Crippen LogP contribution in [0.3, 0.4) is 0 Å². The number of phenolic OH excluding ortho intramolecular Hbond substituents is 1. The zero-order valence-electron chi connectivity index (χ0n) is 10.8. The highest BCUT2D eigenvalue weighted by molar-refractivity contribution is 9.10. The van der Waals surface area contributed by atoms with Crippen LogP contribution in [0.4, 0.5) is 0 Å². The molecule has 1 heterocycles. The standard InChI is InChI=1S/C15H15BrN2O2/c16-11-7-9-17-12(10-11)4-3-8-18-15(20)13-5-1-2-6-14(13)19/h1-2,5-7,9-10,19H,3-4,8H2,(H,18,20). The summed E-state index contributed by atoms with van der Waals surface area (Å²) < 4.78 is 1.00. The lowest BCUT2D eigenvalue weighted by atomic mass is 10.2. The van der Waals surface area contributed by atoms with E-state index < -0.39 is 0 Å². The molecule has 2 N–H and O–H groups in total. The van der Waals surface area contributed by atoms with Crippen molar-refractivity contribution in [3.63, 3.8) is 0 Å². The number of hydrogen-bond acceptors (Lipinski definition) is 3. The number of nitrogens with one attached hydrogen (secondary N) is 1. The van der Waals surface area contributed by atoms with Gasteiger partial charge in [0, 0.05) is 22.9 Å². The minimum absolute atomic E-state index is 0.00124. The lowest BCUT2D eigenvalue weighted by Crippen LogP contribution is -2.24. The van der Waals surface area contributed by atoms with Crippen LogP contribution >= 0.6 is 15.9 Å². The molecule has 4 nitrogen and oxygen atoms in total. The molecule has 0 spiro atoms. The molecule has 0 aliphatic carbocycles. The quantitative estimate of drug-likeness (QED) is 0.826. The van der Waals surface area contributed by atoms with Crippen molar-refractivity contribution in [2.75, 3.05) is 6.54 Å². The number of aromatic hydroxyl groups is 1. The van der Waals surface area contributed by atoms with Gasteiger partial charge in [0.2, 0.25) is 0 Å². The number of carbonyl (C=O) groups is 1. The average molecular weight is 335 g/mol. The summed E-state index contributed by atoms with van der Waals surface area (Å²) in [5.74, 6) is -0.260. The van der Waals surface area contributed by atoms with Gasteiger partial charge in [0.15, 0.2) is 0 Å². The van der Waals surface area contributed by atoms with Gasteiger partial charge in [-0.2, -0.15) is 0 Å². The first kappa shape index (κ1) is 14.5. The summed E-state index contributed by atoms with van der Waals surface area (Å²) in [6, 6.07) is 10.3. The number of carbonyl (C=O) groups excluding carboxylic acids is 1. The molecule has 1 amide bonds. The van der Waals surface area contributed by atoms with Crippen molar-refractivity contribution >= 4 is 21.8 Å². The van der Waals surface area contributed by atoms with Gasteiger partial charge in [0.25, 0.3) is 5.91 Å². The van der Waals surface area contributed by atoms with Crippen LogP contribution < -0.4 is 5.32 Å². The van der Waals surface area contributed by atoms with Gasteiger partial charge in [-0.05, 0) is 37.1 Å². The smallest absolute Gasteiger partial charge is 0.255 e. The molecular weight excluding hydrogens is 320 g/mol. The molecule has 20 heavy (non-hydrogen) atoms. The van der Waals surface area contributed by atoms with Crippen LogP contribution in [0.25, 0.3) is 0 Å². The molecule has 2 aromatic rings. The summed E-state index contributed by atoms with van der Waals surface area (Å²) in [7, 11) is 0. The number of pyridine rings is 1. The first-order valence-electron chi connectivity index (χ1n) is 6.33. The maximum Gasteiger partial charge on any atom is 0.255 e. The van der Waals surface area contributed by atoms with Crippen molar-refractivity contribution in [3.05, 3.63) is 58.3 Å². The number of benzene rings is 1. The molecule has 104 valence electrons. The molecule has 0 aliphatic heterocycles. The number of phenols is 1. The largest absolute Gasteiger partial charge is 0.507 e. The Hall–Kier alpha value is -1.88. The van der Waals surface area contributed by atoms with Crippen LogP contribution in [0.15, 0.2) is 47.1 Å². The zero-order valence-corrected chi connectivity index (χ0v) is 12.4. The highest BCUT2D eigenvalue weighted by Crippen LogP contribution is 2.15. The number of hydrogen-bond donors (Lipinski definition) is 2. The molecule has 0 atom stereocenters. The van der Waals surface area contributed by atoms with Crippen LogP contribution in [0, 0.1) is 0 Å².